The van der Waals surface area contributed by atoms with Crippen molar-refractivity contribution in [1.29, 1.82) is 0 Å². The summed E-state index contributed by atoms with van der Waals surface area (Å²) in [5.41, 5.74) is 1.02. The molecule has 8 heteroatoms. The van der Waals surface area contributed by atoms with Crippen LogP contribution in [0.2, 0.25) is 0 Å². The lowest BCUT2D eigenvalue weighted by Gasteiger charge is -2.28. The number of ketones is 1. The van der Waals surface area contributed by atoms with Gasteiger partial charge in [0.2, 0.25) is 5.91 Å². The van der Waals surface area contributed by atoms with E-state index in [1.807, 2.05) is 74.5 Å². The fourth-order valence-electron chi connectivity index (χ4n) is 3.98. The van der Waals surface area contributed by atoms with Crippen molar-refractivity contribution < 1.29 is 28.7 Å². The van der Waals surface area contributed by atoms with Crippen molar-refractivity contribution in [2.24, 2.45) is 11.3 Å². The molecule has 0 fully saturated rings. The van der Waals surface area contributed by atoms with Crippen molar-refractivity contribution in [2.45, 2.75) is 53.4 Å². The molecule has 2 amide bonds. The highest BCUT2D eigenvalue weighted by molar-refractivity contribution is 6.06. The number of Topliss-reactive ketones (excluding diaryl/α,β-unsaturated/α-hetero) is 1. The van der Waals surface area contributed by atoms with E-state index in [9.17, 15) is 19.2 Å². The third-order valence-electron chi connectivity index (χ3n) is 6.30. The van der Waals surface area contributed by atoms with E-state index in [2.05, 4.69) is 10.6 Å². The lowest BCUT2D eigenvalue weighted by atomic mass is 9.81. The number of ether oxygens (including phenoxy) is 2. The number of nitrogens with one attached hydrogen (secondary N) is 2. The Morgan fingerprint density at radius 3 is 1.76 bits per heavy atom. The first-order chi connectivity index (χ1) is 20.0. The van der Waals surface area contributed by atoms with Crippen LogP contribution in [0.1, 0.15) is 55.6 Å². The molecule has 42 heavy (non-hydrogen) atoms. The number of carbonyl (C=O) groups excluding carboxylic acids is 4. The van der Waals surface area contributed by atoms with E-state index in [0.29, 0.717) is 18.6 Å². The van der Waals surface area contributed by atoms with Crippen molar-refractivity contribution in [3.8, 4) is 0 Å². The smallest absolute Gasteiger partial charge is 0.319 e. The standard InChI is InChI=1S/C26H32N2O5.C8H10O/c1-18(2)15-21(28-22(29)16-27-24(31)20-13-9-6-10-14-20)23(30)26(3,4)25(32)33-17-19-11-7-5-8-12-19;1-9-7-8-5-3-2-4-6-8/h5-14,18,21H,15-17H2,1-4H3,(H,27,31)(H,28,29);2-6H,7H2,1H3. The predicted octanol–water partition coefficient (Wildman–Crippen LogP) is 5.12. The fraction of sp³-hybridized carbons (Fsp3) is 0.353. The van der Waals surface area contributed by atoms with Gasteiger partial charge in [-0.15, -0.1) is 0 Å². The maximum Gasteiger partial charge on any atom is 0.319 e. The Kier molecular flexibility index (Phi) is 14.1. The average Bonchev–Trinajstić information content (AvgIpc) is 2.99. The maximum absolute atomic E-state index is 13.2. The van der Waals surface area contributed by atoms with Crippen LogP contribution in [0.25, 0.3) is 0 Å². The average molecular weight is 575 g/mol. The lowest BCUT2D eigenvalue weighted by Crippen LogP contribution is -2.52. The summed E-state index contributed by atoms with van der Waals surface area (Å²) in [5, 5.41) is 5.22. The van der Waals surface area contributed by atoms with Crippen molar-refractivity contribution in [3.05, 3.63) is 108 Å². The zero-order chi connectivity index (χ0) is 31.0. The van der Waals surface area contributed by atoms with Crippen LogP contribution in [0.3, 0.4) is 0 Å². The number of carbonyl (C=O) groups is 4. The number of hydrogen-bond acceptors (Lipinski definition) is 6. The Hall–Kier alpha value is -4.30. The highest BCUT2D eigenvalue weighted by Crippen LogP contribution is 2.24. The summed E-state index contributed by atoms with van der Waals surface area (Å²) in [6.07, 6.45) is 0.354. The van der Waals surface area contributed by atoms with E-state index in [1.165, 1.54) is 19.4 Å². The molecular weight excluding hydrogens is 532 g/mol. The van der Waals surface area contributed by atoms with Crippen molar-refractivity contribution >= 4 is 23.6 Å². The lowest BCUT2D eigenvalue weighted by molar-refractivity contribution is -0.160. The van der Waals surface area contributed by atoms with E-state index in [0.717, 1.165) is 5.56 Å². The van der Waals surface area contributed by atoms with Crippen LogP contribution in [0.15, 0.2) is 91.0 Å². The molecule has 1 atom stereocenters. The molecule has 1 unspecified atom stereocenters. The van der Waals surface area contributed by atoms with Gasteiger partial charge in [-0.2, -0.15) is 0 Å². The second-order valence-electron chi connectivity index (χ2n) is 10.8. The SMILES string of the molecule is CC(C)CC(NC(=O)CNC(=O)c1ccccc1)C(=O)C(C)(C)C(=O)OCc1ccccc1.COCc1ccccc1. The number of rotatable bonds is 13. The van der Waals surface area contributed by atoms with Gasteiger partial charge in [-0.1, -0.05) is 92.7 Å². The molecule has 0 aliphatic carbocycles. The number of hydrogen-bond donors (Lipinski definition) is 2. The van der Waals surface area contributed by atoms with Gasteiger partial charge in [-0.05, 0) is 49.4 Å². The summed E-state index contributed by atoms with van der Waals surface area (Å²) in [5.74, 6) is -1.89. The largest absolute Gasteiger partial charge is 0.460 e. The van der Waals surface area contributed by atoms with E-state index < -0.39 is 29.1 Å². The molecule has 0 radical (unpaired) electrons. The highest BCUT2D eigenvalue weighted by Gasteiger charge is 2.42. The first-order valence-corrected chi connectivity index (χ1v) is 14.0. The molecule has 0 bridgehead atoms. The predicted molar refractivity (Wildman–Crippen MR) is 162 cm³/mol. The Morgan fingerprint density at radius 2 is 1.26 bits per heavy atom. The fourth-order valence-corrected chi connectivity index (χ4v) is 3.98. The van der Waals surface area contributed by atoms with Crippen LogP contribution in [-0.2, 0) is 37.1 Å². The summed E-state index contributed by atoms with van der Waals surface area (Å²) >= 11 is 0. The molecule has 2 N–H and O–H groups in total. The Bertz CT molecular complexity index is 1260. The zero-order valence-electron chi connectivity index (χ0n) is 25.1. The van der Waals surface area contributed by atoms with Gasteiger partial charge in [0.05, 0.1) is 19.2 Å². The third-order valence-corrected chi connectivity index (χ3v) is 6.30. The van der Waals surface area contributed by atoms with E-state index in [4.69, 9.17) is 9.47 Å². The van der Waals surface area contributed by atoms with Gasteiger partial charge in [-0.3, -0.25) is 19.2 Å². The minimum absolute atomic E-state index is 0.0586. The summed E-state index contributed by atoms with van der Waals surface area (Å²) in [6, 6.07) is 26.9. The summed E-state index contributed by atoms with van der Waals surface area (Å²) < 4.78 is 10.3. The highest BCUT2D eigenvalue weighted by atomic mass is 16.5. The second-order valence-corrected chi connectivity index (χ2v) is 10.8. The Morgan fingerprint density at radius 1 is 0.762 bits per heavy atom. The zero-order valence-corrected chi connectivity index (χ0v) is 25.1. The topological polar surface area (TPSA) is 111 Å². The van der Waals surface area contributed by atoms with Gasteiger partial charge in [0.25, 0.3) is 5.91 Å². The van der Waals surface area contributed by atoms with E-state index in [1.54, 1.807) is 37.4 Å². The van der Waals surface area contributed by atoms with E-state index in [-0.39, 0.29) is 25.0 Å². The molecule has 0 heterocycles. The van der Waals surface area contributed by atoms with Crippen LogP contribution >= 0.6 is 0 Å². The first kappa shape index (κ1) is 33.9. The van der Waals surface area contributed by atoms with Crippen molar-refractivity contribution in [2.75, 3.05) is 13.7 Å². The van der Waals surface area contributed by atoms with Crippen LogP contribution in [0.5, 0.6) is 0 Å². The van der Waals surface area contributed by atoms with Gasteiger partial charge in [-0.25, -0.2) is 0 Å². The van der Waals surface area contributed by atoms with Gasteiger partial charge in [0.15, 0.2) is 5.78 Å². The van der Waals surface area contributed by atoms with Gasteiger partial charge < -0.3 is 20.1 Å². The number of benzene rings is 3. The monoisotopic (exact) mass is 574 g/mol. The van der Waals surface area contributed by atoms with Crippen molar-refractivity contribution in [3.63, 3.8) is 0 Å². The van der Waals surface area contributed by atoms with Crippen LogP contribution in [0.4, 0.5) is 0 Å². The second kappa shape index (κ2) is 17.5. The molecular formula is C34H42N2O6. The third kappa shape index (κ3) is 11.7. The molecule has 224 valence electrons. The van der Waals surface area contributed by atoms with Gasteiger partial charge in [0, 0.05) is 12.7 Å². The molecule has 0 aliphatic heterocycles. The number of amides is 2. The minimum Gasteiger partial charge on any atom is -0.460 e. The molecule has 3 rings (SSSR count). The van der Waals surface area contributed by atoms with E-state index >= 15 is 0 Å². The molecule has 0 aromatic heterocycles. The molecule has 3 aromatic carbocycles. The molecule has 0 saturated carbocycles. The Balaban J connectivity index is 0.000000581. The van der Waals surface area contributed by atoms with Crippen LogP contribution < -0.4 is 10.6 Å². The number of methoxy groups -OCH3 is 1. The number of esters is 1. The first-order valence-electron chi connectivity index (χ1n) is 14.0. The molecule has 0 saturated heterocycles. The molecule has 0 aliphatic rings. The molecule has 3 aromatic rings. The summed E-state index contributed by atoms with van der Waals surface area (Å²) in [6.45, 7) is 7.33. The summed E-state index contributed by atoms with van der Waals surface area (Å²) in [4.78, 5) is 50.6. The normalized spacial score (nSPS) is 11.5. The van der Waals surface area contributed by atoms with Crippen LogP contribution in [-0.4, -0.2) is 43.3 Å². The molecule has 8 nitrogen and oxygen atoms in total. The quantitative estimate of drug-likeness (QED) is 0.217. The van der Waals surface area contributed by atoms with Crippen LogP contribution in [0, 0.1) is 11.3 Å². The molecule has 0 spiro atoms. The van der Waals surface area contributed by atoms with Gasteiger partial charge in [0.1, 0.15) is 12.0 Å². The van der Waals surface area contributed by atoms with Gasteiger partial charge >= 0.3 is 5.97 Å². The maximum atomic E-state index is 13.2. The minimum atomic E-state index is -1.45. The van der Waals surface area contributed by atoms with Crippen molar-refractivity contribution in [1.82, 2.24) is 10.6 Å². The summed E-state index contributed by atoms with van der Waals surface area (Å²) in [7, 11) is 1.70. The Labute approximate surface area is 248 Å².